The first kappa shape index (κ1) is 11.6. The van der Waals surface area contributed by atoms with Crippen LogP contribution in [0.15, 0.2) is 24.3 Å². The normalized spacial score (nSPS) is 26.8. The molecule has 2 rings (SSSR count). The number of ether oxygens (including phenoxy) is 1. The van der Waals surface area contributed by atoms with Crippen molar-refractivity contribution in [3.05, 3.63) is 35.4 Å². The molecule has 0 aromatic heterocycles. The molecule has 0 bridgehead atoms. The minimum atomic E-state index is 0.373. The van der Waals surface area contributed by atoms with E-state index in [1.165, 1.54) is 11.1 Å². The van der Waals surface area contributed by atoms with Gasteiger partial charge in [-0.2, -0.15) is 0 Å². The minimum absolute atomic E-state index is 0.373. The first-order chi connectivity index (χ1) is 7.61. The van der Waals surface area contributed by atoms with Crippen molar-refractivity contribution in [1.82, 2.24) is 0 Å². The average molecular weight is 219 g/mol. The molecule has 2 N–H and O–H groups in total. The number of hydrogen-bond acceptors (Lipinski definition) is 2. The van der Waals surface area contributed by atoms with E-state index in [9.17, 15) is 0 Å². The highest BCUT2D eigenvalue weighted by atomic mass is 16.5. The zero-order valence-corrected chi connectivity index (χ0v) is 10.4. The molecule has 0 radical (unpaired) electrons. The van der Waals surface area contributed by atoms with Crippen molar-refractivity contribution in [2.45, 2.75) is 26.4 Å². The van der Waals surface area contributed by atoms with E-state index < -0.39 is 0 Å². The van der Waals surface area contributed by atoms with Crippen molar-refractivity contribution in [2.75, 3.05) is 13.7 Å². The maximum absolute atomic E-state index is 5.79. The largest absolute Gasteiger partial charge is 0.380 e. The molecular formula is C14H21NO. The Kier molecular flexibility index (Phi) is 3.04. The highest BCUT2D eigenvalue weighted by molar-refractivity contribution is 5.33. The van der Waals surface area contributed by atoms with Crippen LogP contribution < -0.4 is 5.73 Å². The van der Waals surface area contributed by atoms with Crippen LogP contribution in [0.4, 0.5) is 0 Å². The van der Waals surface area contributed by atoms with Gasteiger partial charge in [-0.3, -0.25) is 0 Å². The molecule has 0 spiro atoms. The standard InChI is InChI=1S/C14H21NO/c1-14(2)12(8-15)13(14)11-6-4-10(5-7-11)9-16-3/h4-7,12-13H,8-9,15H2,1-3H3/t12-,13-/m1/s1. The summed E-state index contributed by atoms with van der Waals surface area (Å²) in [6.07, 6.45) is 0. The zero-order valence-electron chi connectivity index (χ0n) is 10.4. The third-order valence-corrected chi connectivity index (χ3v) is 3.95. The molecular weight excluding hydrogens is 198 g/mol. The molecule has 0 aliphatic heterocycles. The molecule has 1 aliphatic carbocycles. The van der Waals surface area contributed by atoms with Crippen molar-refractivity contribution < 1.29 is 4.74 Å². The lowest BCUT2D eigenvalue weighted by atomic mass is 10.0. The van der Waals surface area contributed by atoms with E-state index in [0.29, 0.717) is 23.9 Å². The maximum Gasteiger partial charge on any atom is 0.0713 e. The Bertz CT molecular complexity index is 356. The van der Waals surface area contributed by atoms with Crippen LogP contribution in [0.3, 0.4) is 0 Å². The average Bonchev–Trinajstić information content (AvgIpc) is 2.82. The second kappa shape index (κ2) is 4.19. The summed E-state index contributed by atoms with van der Waals surface area (Å²) >= 11 is 0. The van der Waals surface area contributed by atoms with E-state index in [2.05, 4.69) is 38.1 Å². The van der Waals surface area contributed by atoms with Crippen molar-refractivity contribution in [2.24, 2.45) is 17.1 Å². The molecule has 0 heterocycles. The van der Waals surface area contributed by atoms with Gasteiger partial charge in [-0.15, -0.1) is 0 Å². The quantitative estimate of drug-likeness (QED) is 0.844. The van der Waals surface area contributed by atoms with Crippen LogP contribution in [0.25, 0.3) is 0 Å². The molecule has 1 aliphatic rings. The van der Waals surface area contributed by atoms with Crippen LogP contribution in [0.5, 0.6) is 0 Å². The van der Waals surface area contributed by atoms with Crippen LogP contribution in [0.1, 0.15) is 30.9 Å². The first-order valence-corrected chi connectivity index (χ1v) is 5.89. The van der Waals surface area contributed by atoms with Gasteiger partial charge in [0.15, 0.2) is 0 Å². The Hall–Kier alpha value is -0.860. The fourth-order valence-corrected chi connectivity index (χ4v) is 2.83. The maximum atomic E-state index is 5.79. The van der Waals surface area contributed by atoms with Crippen LogP contribution >= 0.6 is 0 Å². The van der Waals surface area contributed by atoms with E-state index in [-0.39, 0.29) is 0 Å². The highest BCUT2D eigenvalue weighted by Gasteiger charge is 2.56. The number of methoxy groups -OCH3 is 1. The second-order valence-electron chi connectivity index (χ2n) is 5.32. The third kappa shape index (κ3) is 1.87. The van der Waals surface area contributed by atoms with Gasteiger partial charge in [0.2, 0.25) is 0 Å². The Balaban J connectivity index is 2.12. The molecule has 0 unspecified atom stereocenters. The van der Waals surface area contributed by atoms with Gasteiger partial charge in [-0.25, -0.2) is 0 Å². The van der Waals surface area contributed by atoms with Gasteiger partial charge < -0.3 is 10.5 Å². The Morgan fingerprint density at radius 2 is 1.88 bits per heavy atom. The monoisotopic (exact) mass is 219 g/mol. The van der Waals surface area contributed by atoms with Crippen LogP contribution in [0.2, 0.25) is 0 Å². The first-order valence-electron chi connectivity index (χ1n) is 5.89. The van der Waals surface area contributed by atoms with Crippen molar-refractivity contribution in [3.63, 3.8) is 0 Å². The molecule has 1 fully saturated rings. The van der Waals surface area contributed by atoms with Gasteiger partial charge in [0.05, 0.1) is 6.61 Å². The summed E-state index contributed by atoms with van der Waals surface area (Å²) < 4.78 is 5.11. The summed E-state index contributed by atoms with van der Waals surface area (Å²) in [5.74, 6) is 1.27. The summed E-state index contributed by atoms with van der Waals surface area (Å²) in [6, 6.07) is 8.74. The smallest absolute Gasteiger partial charge is 0.0713 e. The van der Waals surface area contributed by atoms with Gasteiger partial charge in [0.25, 0.3) is 0 Å². The summed E-state index contributed by atoms with van der Waals surface area (Å²) in [7, 11) is 1.72. The Morgan fingerprint density at radius 3 is 2.31 bits per heavy atom. The van der Waals surface area contributed by atoms with Crippen LogP contribution in [0, 0.1) is 11.3 Å². The molecule has 0 amide bonds. The van der Waals surface area contributed by atoms with E-state index in [1.54, 1.807) is 7.11 Å². The van der Waals surface area contributed by atoms with E-state index in [1.807, 2.05) is 0 Å². The van der Waals surface area contributed by atoms with Crippen LogP contribution in [-0.2, 0) is 11.3 Å². The lowest BCUT2D eigenvalue weighted by Gasteiger charge is -2.05. The number of rotatable bonds is 4. The van der Waals surface area contributed by atoms with Gasteiger partial charge in [-0.05, 0) is 34.9 Å². The van der Waals surface area contributed by atoms with Gasteiger partial charge >= 0.3 is 0 Å². The number of nitrogens with two attached hydrogens (primary N) is 1. The molecule has 2 heteroatoms. The third-order valence-electron chi connectivity index (χ3n) is 3.95. The fraction of sp³-hybridized carbons (Fsp3) is 0.571. The summed E-state index contributed by atoms with van der Waals surface area (Å²) in [5, 5.41) is 0. The van der Waals surface area contributed by atoms with Crippen molar-refractivity contribution in [1.29, 1.82) is 0 Å². The topological polar surface area (TPSA) is 35.2 Å². The summed E-state index contributed by atoms with van der Waals surface area (Å²) in [6.45, 7) is 6.09. The summed E-state index contributed by atoms with van der Waals surface area (Å²) in [5.41, 5.74) is 8.81. The van der Waals surface area contributed by atoms with Gasteiger partial charge in [0.1, 0.15) is 0 Å². The molecule has 0 saturated heterocycles. The fourth-order valence-electron chi connectivity index (χ4n) is 2.83. The Morgan fingerprint density at radius 1 is 1.25 bits per heavy atom. The lowest BCUT2D eigenvalue weighted by Crippen LogP contribution is -2.05. The van der Waals surface area contributed by atoms with E-state index in [0.717, 1.165) is 6.54 Å². The predicted molar refractivity (Wildman–Crippen MR) is 66.2 cm³/mol. The number of benzene rings is 1. The van der Waals surface area contributed by atoms with Gasteiger partial charge in [0, 0.05) is 7.11 Å². The SMILES string of the molecule is COCc1ccc([C@@H]2[C@@H](CN)C2(C)C)cc1. The van der Waals surface area contributed by atoms with Crippen LogP contribution in [-0.4, -0.2) is 13.7 Å². The molecule has 16 heavy (non-hydrogen) atoms. The molecule has 1 aromatic rings. The molecule has 1 saturated carbocycles. The minimum Gasteiger partial charge on any atom is -0.380 e. The second-order valence-corrected chi connectivity index (χ2v) is 5.32. The highest BCUT2D eigenvalue weighted by Crippen LogP contribution is 2.63. The van der Waals surface area contributed by atoms with Crippen molar-refractivity contribution >= 4 is 0 Å². The molecule has 88 valence electrons. The zero-order chi connectivity index (χ0) is 11.8. The predicted octanol–water partition coefficient (Wildman–Crippen LogP) is 2.53. The molecule has 2 atom stereocenters. The van der Waals surface area contributed by atoms with Gasteiger partial charge in [-0.1, -0.05) is 38.1 Å². The van der Waals surface area contributed by atoms with E-state index in [4.69, 9.17) is 10.5 Å². The lowest BCUT2D eigenvalue weighted by molar-refractivity contribution is 0.185. The van der Waals surface area contributed by atoms with Crippen molar-refractivity contribution in [3.8, 4) is 0 Å². The Labute approximate surface area is 97.8 Å². The molecule has 1 aromatic carbocycles. The molecule has 2 nitrogen and oxygen atoms in total. The summed E-state index contributed by atoms with van der Waals surface area (Å²) in [4.78, 5) is 0. The van der Waals surface area contributed by atoms with E-state index >= 15 is 0 Å². The number of hydrogen-bond donors (Lipinski definition) is 1.